The van der Waals surface area contributed by atoms with E-state index >= 15 is 0 Å². The van der Waals surface area contributed by atoms with Crippen molar-refractivity contribution in [1.29, 1.82) is 0 Å². The predicted molar refractivity (Wildman–Crippen MR) is 111 cm³/mol. The molecule has 0 saturated heterocycles. The van der Waals surface area contributed by atoms with E-state index < -0.39 is 23.0 Å². The minimum Gasteiger partial charge on any atom is -0.324 e. The highest BCUT2D eigenvalue weighted by Gasteiger charge is 2.16. The predicted octanol–water partition coefficient (Wildman–Crippen LogP) is 1.25. The number of fused-ring (bicyclic) bond motifs is 1. The zero-order valence-electron chi connectivity index (χ0n) is 16.7. The standard InChI is InChI=1S/C20H18FN7O3/c1-3-26-19(30)14-6-4-5-7-16(14)27(20(26)31)11-18(29)22-13-8-9-15(21)17(10-13)28-12(2)23-24-25-28/h4-10H,3,11H2,1-2H3,(H,22,29). The van der Waals surface area contributed by atoms with Gasteiger partial charge >= 0.3 is 5.69 Å². The Kier molecular flexibility index (Phi) is 5.15. The van der Waals surface area contributed by atoms with E-state index in [9.17, 15) is 18.8 Å². The lowest BCUT2D eigenvalue weighted by Crippen LogP contribution is -2.41. The second-order valence-electron chi connectivity index (χ2n) is 6.79. The molecule has 4 aromatic rings. The van der Waals surface area contributed by atoms with Crippen molar-refractivity contribution < 1.29 is 9.18 Å². The third-order valence-electron chi connectivity index (χ3n) is 4.83. The van der Waals surface area contributed by atoms with Crippen molar-refractivity contribution in [3.8, 4) is 5.69 Å². The molecule has 0 unspecified atom stereocenters. The molecule has 0 bridgehead atoms. The van der Waals surface area contributed by atoms with Crippen LogP contribution in [-0.2, 0) is 17.9 Å². The maximum absolute atomic E-state index is 14.2. The second-order valence-corrected chi connectivity index (χ2v) is 6.79. The smallest absolute Gasteiger partial charge is 0.324 e. The third kappa shape index (κ3) is 3.61. The molecule has 158 valence electrons. The van der Waals surface area contributed by atoms with Gasteiger partial charge in [-0.15, -0.1) is 5.10 Å². The Morgan fingerprint density at radius 3 is 2.61 bits per heavy atom. The summed E-state index contributed by atoms with van der Waals surface area (Å²) in [6.07, 6.45) is 0. The average Bonchev–Trinajstić information content (AvgIpc) is 3.18. The Morgan fingerprint density at radius 1 is 1.13 bits per heavy atom. The summed E-state index contributed by atoms with van der Waals surface area (Å²) in [7, 11) is 0. The number of hydrogen-bond acceptors (Lipinski definition) is 6. The number of amides is 1. The van der Waals surface area contributed by atoms with E-state index in [2.05, 4.69) is 20.8 Å². The lowest BCUT2D eigenvalue weighted by molar-refractivity contribution is -0.116. The summed E-state index contributed by atoms with van der Waals surface area (Å²) in [6.45, 7) is 3.15. The molecule has 0 radical (unpaired) electrons. The highest BCUT2D eigenvalue weighted by atomic mass is 19.1. The molecule has 0 saturated carbocycles. The first kappa shape index (κ1) is 20.1. The van der Waals surface area contributed by atoms with Crippen LogP contribution in [-0.4, -0.2) is 35.2 Å². The lowest BCUT2D eigenvalue weighted by Gasteiger charge is -2.13. The number of tetrazole rings is 1. The summed E-state index contributed by atoms with van der Waals surface area (Å²) in [5.41, 5.74) is -0.244. The molecule has 1 amide bonds. The molecule has 31 heavy (non-hydrogen) atoms. The molecule has 2 aromatic carbocycles. The van der Waals surface area contributed by atoms with E-state index in [-0.39, 0.29) is 18.8 Å². The van der Waals surface area contributed by atoms with Gasteiger partial charge in [0.1, 0.15) is 18.0 Å². The van der Waals surface area contributed by atoms with E-state index in [0.29, 0.717) is 22.4 Å². The van der Waals surface area contributed by atoms with Crippen molar-refractivity contribution in [1.82, 2.24) is 29.3 Å². The van der Waals surface area contributed by atoms with Gasteiger partial charge in [0, 0.05) is 12.2 Å². The number of rotatable bonds is 5. The van der Waals surface area contributed by atoms with Crippen molar-refractivity contribution in [2.24, 2.45) is 0 Å². The SMILES string of the molecule is CCn1c(=O)c2ccccc2n(CC(=O)Nc2ccc(F)c(-n3nnnc3C)c2)c1=O. The Labute approximate surface area is 174 Å². The molecule has 0 fully saturated rings. The first-order valence-electron chi connectivity index (χ1n) is 9.48. The molecule has 2 heterocycles. The quantitative estimate of drug-likeness (QED) is 0.516. The van der Waals surface area contributed by atoms with Crippen LogP contribution < -0.4 is 16.6 Å². The number of nitrogens with zero attached hydrogens (tertiary/aromatic N) is 6. The summed E-state index contributed by atoms with van der Waals surface area (Å²) in [5, 5.41) is 13.9. The number of aromatic nitrogens is 6. The Bertz CT molecular complexity index is 1420. The van der Waals surface area contributed by atoms with Gasteiger partial charge in [-0.25, -0.2) is 9.18 Å². The second kappa shape index (κ2) is 7.94. The topological polar surface area (TPSA) is 117 Å². The van der Waals surface area contributed by atoms with Gasteiger partial charge in [0.15, 0.2) is 5.82 Å². The highest BCUT2D eigenvalue weighted by Crippen LogP contribution is 2.19. The van der Waals surface area contributed by atoms with E-state index in [1.54, 1.807) is 38.1 Å². The fourth-order valence-corrected chi connectivity index (χ4v) is 3.35. The van der Waals surface area contributed by atoms with Crippen molar-refractivity contribution >= 4 is 22.5 Å². The number of anilines is 1. The van der Waals surface area contributed by atoms with Crippen LogP contribution in [0.5, 0.6) is 0 Å². The Hall–Kier alpha value is -4.15. The van der Waals surface area contributed by atoms with Gasteiger partial charge in [-0.1, -0.05) is 12.1 Å². The molecule has 0 aliphatic carbocycles. The molecule has 4 rings (SSSR count). The van der Waals surface area contributed by atoms with Crippen molar-refractivity contribution in [3.05, 3.63) is 74.9 Å². The van der Waals surface area contributed by atoms with Gasteiger partial charge in [0.25, 0.3) is 5.56 Å². The molecule has 11 heteroatoms. The van der Waals surface area contributed by atoms with Crippen LogP contribution in [0.4, 0.5) is 10.1 Å². The number of halogens is 1. The lowest BCUT2D eigenvalue weighted by atomic mass is 10.2. The van der Waals surface area contributed by atoms with Gasteiger partial charge in [0.05, 0.1) is 10.9 Å². The minimum atomic E-state index is -0.578. The molecular weight excluding hydrogens is 405 g/mol. The summed E-state index contributed by atoms with van der Waals surface area (Å²) in [4.78, 5) is 38.0. The van der Waals surface area contributed by atoms with E-state index in [1.807, 2.05) is 0 Å². The largest absolute Gasteiger partial charge is 0.331 e. The summed E-state index contributed by atoms with van der Waals surface area (Å²) in [6, 6.07) is 10.6. The summed E-state index contributed by atoms with van der Waals surface area (Å²) < 4.78 is 17.8. The molecular formula is C20H18FN7O3. The van der Waals surface area contributed by atoms with Crippen LogP contribution >= 0.6 is 0 Å². The Balaban J connectivity index is 1.68. The highest BCUT2D eigenvalue weighted by molar-refractivity contribution is 5.92. The van der Waals surface area contributed by atoms with E-state index in [1.165, 1.54) is 27.4 Å². The molecule has 0 aliphatic rings. The van der Waals surface area contributed by atoms with Crippen molar-refractivity contribution in [2.75, 3.05) is 5.32 Å². The monoisotopic (exact) mass is 423 g/mol. The van der Waals surface area contributed by atoms with Crippen LogP contribution in [0.3, 0.4) is 0 Å². The first-order chi connectivity index (χ1) is 14.9. The number of aryl methyl sites for hydroxylation is 1. The maximum atomic E-state index is 14.2. The molecule has 2 aromatic heterocycles. The van der Waals surface area contributed by atoms with Crippen LogP contribution in [0.1, 0.15) is 12.7 Å². The molecule has 1 N–H and O–H groups in total. The Morgan fingerprint density at radius 2 is 1.90 bits per heavy atom. The fraction of sp³-hybridized carbons (Fsp3) is 0.200. The molecule has 0 spiro atoms. The van der Waals surface area contributed by atoms with Crippen molar-refractivity contribution in [3.63, 3.8) is 0 Å². The molecule has 0 aliphatic heterocycles. The van der Waals surface area contributed by atoms with Crippen LogP contribution in [0, 0.1) is 12.7 Å². The first-order valence-corrected chi connectivity index (χ1v) is 9.48. The number of carbonyl (C=O) groups excluding carboxylic acids is 1. The fourth-order valence-electron chi connectivity index (χ4n) is 3.35. The minimum absolute atomic E-state index is 0.0717. The van der Waals surface area contributed by atoms with Gasteiger partial charge in [-0.05, 0) is 54.6 Å². The van der Waals surface area contributed by atoms with E-state index in [0.717, 1.165) is 4.57 Å². The number of benzene rings is 2. The zero-order chi connectivity index (χ0) is 22.1. The van der Waals surface area contributed by atoms with Gasteiger partial charge in [0.2, 0.25) is 5.91 Å². The molecule has 10 nitrogen and oxygen atoms in total. The number of para-hydroxylation sites is 1. The summed E-state index contributed by atoms with van der Waals surface area (Å²) >= 11 is 0. The molecule has 0 atom stereocenters. The number of hydrogen-bond donors (Lipinski definition) is 1. The van der Waals surface area contributed by atoms with Gasteiger partial charge in [-0.2, -0.15) is 4.68 Å². The van der Waals surface area contributed by atoms with E-state index in [4.69, 9.17) is 0 Å². The number of nitrogens with one attached hydrogen (secondary N) is 1. The van der Waals surface area contributed by atoms with Gasteiger partial charge in [-0.3, -0.25) is 18.7 Å². The van der Waals surface area contributed by atoms with Crippen LogP contribution in [0.2, 0.25) is 0 Å². The average molecular weight is 423 g/mol. The van der Waals surface area contributed by atoms with Crippen LogP contribution in [0.15, 0.2) is 52.1 Å². The maximum Gasteiger partial charge on any atom is 0.331 e. The zero-order valence-corrected chi connectivity index (χ0v) is 16.7. The summed E-state index contributed by atoms with van der Waals surface area (Å²) in [5.74, 6) is -0.701. The van der Waals surface area contributed by atoms with Crippen LogP contribution in [0.25, 0.3) is 16.6 Å². The van der Waals surface area contributed by atoms with Gasteiger partial charge < -0.3 is 5.32 Å². The third-order valence-corrected chi connectivity index (χ3v) is 4.83. The normalized spacial score (nSPS) is 11.1. The van der Waals surface area contributed by atoms with Crippen molar-refractivity contribution in [2.45, 2.75) is 26.9 Å². The number of carbonyl (C=O) groups is 1.